The van der Waals surface area contributed by atoms with Crippen LogP contribution in [0.25, 0.3) is 0 Å². The largest absolute Gasteiger partial charge is 0.488 e. The quantitative estimate of drug-likeness (QED) is 0.772. The molecule has 0 unspecified atom stereocenters. The summed E-state index contributed by atoms with van der Waals surface area (Å²) in [6.45, 7) is 8.51. The van der Waals surface area contributed by atoms with Gasteiger partial charge in [0.25, 0.3) is 0 Å². The Kier molecular flexibility index (Phi) is 4.23. The fraction of sp³-hybridized carbons (Fsp3) is 0.278. The van der Waals surface area contributed by atoms with Gasteiger partial charge in [-0.05, 0) is 55.5 Å². The smallest absolute Gasteiger partial charge is 0.150 e. The van der Waals surface area contributed by atoms with Gasteiger partial charge in [-0.1, -0.05) is 30.3 Å². The van der Waals surface area contributed by atoms with Gasteiger partial charge in [0, 0.05) is 5.56 Å². The summed E-state index contributed by atoms with van der Waals surface area (Å²) in [5.41, 5.74) is 6.03. The molecule has 0 N–H and O–H groups in total. The average Bonchev–Trinajstić information content (AvgIpc) is 2.47. The monoisotopic (exact) mass is 268 g/mol. The van der Waals surface area contributed by atoms with Crippen LogP contribution in [0.1, 0.15) is 38.2 Å². The second-order valence-corrected chi connectivity index (χ2v) is 5.13. The average molecular weight is 268 g/mol. The second kappa shape index (κ2) is 5.91. The van der Waals surface area contributed by atoms with Crippen LogP contribution in [0.2, 0.25) is 0 Å². The number of benzene rings is 2. The SMILES string of the molecule is Cc1c(C)c(OCc2ccccc2)c(C)c(C)c1C=O. The van der Waals surface area contributed by atoms with Crippen molar-refractivity contribution in [3.8, 4) is 5.75 Å². The maximum atomic E-state index is 11.2. The molecule has 2 aromatic rings. The molecule has 2 aromatic carbocycles. The molecule has 0 saturated carbocycles. The zero-order valence-electron chi connectivity index (χ0n) is 12.5. The Balaban J connectivity index is 2.35. The van der Waals surface area contributed by atoms with Crippen LogP contribution in [0.3, 0.4) is 0 Å². The van der Waals surface area contributed by atoms with Crippen molar-refractivity contribution >= 4 is 6.29 Å². The van der Waals surface area contributed by atoms with Crippen LogP contribution < -0.4 is 4.74 Å². The lowest BCUT2D eigenvalue weighted by Crippen LogP contribution is -2.05. The number of rotatable bonds is 4. The van der Waals surface area contributed by atoms with Gasteiger partial charge in [0.05, 0.1) is 0 Å². The van der Waals surface area contributed by atoms with E-state index in [0.717, 1.165) is 45.4 Å². The molecule has 0 saturated heterocycles. The molecule has 2 nitrogen and oxygen atoms in total. The third-order valence-electron chi connectivity index (χ3n) is 3.96. The van der Waals surface area contributed by atoms with Crippen molar-refractivity contribution in [1.29, 1.82) is 0 Å². The van der Waals surface area contributed by atoms with Crippen LogP contribution in [0, 0.1) is 27.7 Å². The molecule has 0 amide bonds. The summed E-state index contributed by atoms with van der Waals surface area (Å²) in [5.74, 6) is 0.898. The van der Waals surface area contributed by atoms with Gasteiger partial charge in [-0.3, -0.25) is 4.79 Å². The van der Waals surface area contributed by atoms with Crippen LogP contribution in [0.4, 0.5) is 0 Å². The summed E-state index contributed by atoms with van der Waals surface area (Å²) in [4.78, 5) is 11.2. The third-order valence-corrected chi connectivity index (χ3v) is 3.96. The first-order chi connectivity index (χ1) is 9.56. The maximum absolute atomic E-state index is 11.2. The zero-order valence-corrected chi connectivity index (χ0v) is 12.5. The Morgan fingerprint density at radius 3 is 1.95 bits per heavy atom. The van der Waals surface area contributed by atoms with E-state index >= 15 is 0 Å². The molecule has 0 radical (unpaired) electrons. The van der Waals surface area contributed by atoms with Gasteiger partial charge in [-0.25, -0.2) is 0 Å². The highest BCUT2D eigenvalue weighted by Gasteiger charge is 2.15. The predicted molar refractivity (Wildman–Crippen MR) is 81.6 cm³/mol. The van der Waals surface area contributed by atoms with Gasteiger partial charge < -0.3 is 4.74 Å². The second-order valence-electron chi connectivity index (χ2n) is 5.13. The van der Waals surface area contributed by atoms with Crippen molar-refractivity contribution in [2.45, 2.75) is 34.3 Å². The topological polar surface area (TPSA) is 26.3 Å². The summed E-state index contributed by atoms with van der Waals surface area (Å²) in [6.07, 6.45) is 0.936. The van der Waals surface area contributed by atoms with Crippen LogP contribution in [-0.2, 0) is 6.61 Å². The van der Waals surface area contributed by atoms with Gasteiger partial charge in [0.1, 0.15) is 12.4 Å². The van der Waals surface area contributed by atoms with Crippen LogP contribution in [0.5, 0.6) is 5.75 Å². The van der Waals surface area contributed by atoms with Crippen molar-refractivity contribution in [1.82, 2.24) is 0 Å². The summed E-state index contributed by atoms with van der Waals surface area (Å²) in [5, 5.41) is 0. The zero-order chi connectivity index (χ0) is 14.7. The van der Waals surface area contributed by atoms with E-state index in [9.17, 15) is 4.79 Å². The molecule has 0 heterocycles. The molecule has 0 aliphatic rings. The van der Waals surface area contributed by atoms with Gasteiger partial charge in [-0.2, -0.15) is 0 Å². The summed E-state index contributed by atoms with van der Waals surface area (Å²) >= 11 is 0. The standard InChI is InChI=1S/C18H20O2/c1-12-14(3)18(15(4)13(2)17(12)10-19)20-11-16-8-6-5-7-9-16/h5-10H,11H2,1-4H3. The normalized spacial score (nSPS) is 10.4. The van der Waals surface area contributed by atoms with E-state index in [-0.39, 0.29) is 0 Å². The number of carbonyl (C=O) groups excluding carboxylic acids is 1. The van der Waals surface area contributed by atoms with Crippen molar-refractivity contribution in [3.05, 3.63) is 63.7 Å². The van der Waals surface area contributed by atoms with Gasteiger partial charge in [-0.15, -0.1) is 0 Å². The molecule has 20 heavy (non-hydrogen) atoms. The molecular formula is C18H20O2. The highest BCUT2D eigenvalue weighted by molar-refractivity contribution is 5.82. The van der Waals surface area contributed by atoms with Gasteiger partial charge in [0.15, 0.2) is 6.29 Å². The van der Waals surface area contributed by atoms with Gasteiger partial charge in [0.2, 0.25) is 0 Å². The molecule has 0 bridgehead atoms. The predicted octanol–water partition coefficient (Wildman–Crippen LogP) is 4.31. The molecule has 0 aliphatic heterocycles. The van der Waals surface area contributed by atoms with Crippen LogP contribution >= 0.6 is 0 Å². The van der Waals surface area contributed by atoms with E-state index in [1.807, 2.05) is 58.0 Å². The first-order valence-corrected chi connectivity index (χ1v) is 6.78. The Labute approximate surface area is 120 Å². The molecular weight excluding hydrogens is 248 g/mol. The van der Waals surface area contributed by atoms with E-state index in [1.165, 1.54) is 0 Å². The molecule has 0 atom stereocenters. The number of aldehydes is 1. The van der Waals surface area contributed by atoms with E-state index in [2.05, 4.69) is 0 Å². The fourth-order valence-corrected chi connectivity index (χ4v) is 2.43. The molecule has 2 rings (SSSR count). The van der Waals surface area contributed by atoms with Crippen molar-refractivity contribution in [3.63, 3.8) is 0 Å². The number of ether oxygens (including phenoxy) is 1. The Bertz CT molecular complexity index is 599. The minimum Gasteiger partial charge on any atom is -0.488 e. The van der Waals surface area contributed by atoms with E-state index in [1.54, 1.807) is 0 Å². The lowest BCUT2D eigenvalue weighted by molar-refractivity contribution is 0.112. The molecule has 2 heteroatoms. The van der Waals surface area contributed by atoms with Crippen molar-refractivity contribution < 1.29 is 9.53 Å². The molecule has 0 fully saturated rings. The Morgan fingerprint density at radius 1 is 0.900 bits per heavy atom. The van der Waals surface area contributed by atoms with E-state index in [0.29, 0.717) is 6.61 Å². The third kappa shape index (κ3) is 2.60. The first-order valence-electron chi connectivity index (χ1n) is 6.78. The van der Waals surface area contributed by atoms with Crippen LogP contribution in [-0.4, -0.2) is 6.29 Å². The number of hydrogen-bond donors (Lipinski definition) is 0. The van der Waals surface area contributed by atoms with Crippen molar-refractivity contribution in [2.75, 3.05) is 0 Å². The Hall–Kier alpha value is -2.09. The minimum absolute atomic E-state index is 0.543. The van der Waals surface area contributed by atoms with E-state index < -0.39 is 0 Å². The molecule has 0 spiro atoms. The molecule has 0 aromatic heterocycles. The number of hydrogen-bond acceptors (Lipinski definition) is 2. The van der Waals surface area contributed by atoms with Crippen molar-refractivity contribution in [2.24, 2.45) is 0 Å². The lowest BCUT2D eigenvalue weighted by atomic mass is 9.94. The van der Waals surface area contributed by atoms with Crippen LogP contribution in [0.15, 0.2) is 30.3 Å². The summed E-state index contributed by atoms with van der Waals surface area (Å²) in [6, 6.07) is 10.1. The minimum atomic E-state index is 0.543. The number of carbonyl (C=O) groups is 1. The van der Waals surface area contributed by atoms with E-state index in [4.69, 9.17) is 4.74 Å². The highest BCUT2D eigenvalue weighted by atomic mass is 16.5. The Morgan fingerprint density at radius 2 is 1.45 bits per heavy atom. The summed E-state index contributed by atoms with van der Waals surface area (Å²) in [7, 11) is 0. The highest BCUT2D eigenvalue weighted by Crippen LogP contribution is 2.32. The maximum Gasteiger partial charge on any atom is 0.150 e. The fourth-order valence-electron chi connectivity index (χ4n) is 2.43. The summed E-state index contributed by atoms with van der Waals surface area (Å²) < 4.78 is 6.00. The lowest BCUT2D eigenvalue weighted by Gasteiger charge is -2.18. The first kappa shape index (κ1) is 14.3. The van der Waals surface area contributed by atoms with Gasteiger partial charge >= 0.3 is 0 Å². The molecule has 0 aliphatic carbocycles. The molecule has 104 valence electrons.